The van der Waals surface area contributed by atoms with E-state index in [-0.39, 0.29) is 5.02 Å². The van der Waals surface area contributed by atoms with Crippen LogP contribution < -0.4 is 0 Å². The minimum atomic E-state index is -0.752. The summed E-state index contributed by atoms with van der Waals surface area (Å²) >= 11 is 5.56. The van der Waals surface area contributed by atoms with Gasteiger partial charge in [-0.3, -0.25) is 4.90 Å². The van der Waals surface area contributed by atoms with E-state index in [1.807, 2.05) is 0 Å². The minimum absolute atomic E-state index is 0.0263. The zero-order chi connectivity index (χ0) is 10.0. The van der Waals surface area contributed by atoms with Crippen LogP contribution in [0.1, 0.15) is 11.8 Å². The molecule has 13 heavy (non-hydrogen) atoms. The molecular formula is C9H11ClFNO. The molecule has 0 spiro atoms. The second kappa shape index (κ2) is 4.05. The van der Waals surface area contributed by atoms with Gasteiger partial charge in [0.25, 0.3) is 0 Å². The average molecular weight is 204 g/mol. The van der Waals surface area contributed by atoms with Gasteiger partial charge in [-0.05, 0) is 31.8 Å². The fourth-order valence-corrected chi connectivity index (χ4v) is 1.16. The van der Waals surface area contributed by atoms with E-state index in [2.05, 4.69) is 0 Å². The smallest absolute Gasteiger partial charge is 0.141 e. The lowest BCUT2D eigenvalue weighted by Gasteiger charge is -2.18. The number of nitrogens with zero attached hydrogens (tertiary/aromatic N) is 1. The molecule has 72 valence electrons. The highest BCUT2D eigenvalue weighted by atomic mass is 35.5. The number of hydrogen-bond donors (Lipinski definition) is 1. The number of halogens is 2. The van der Waals surface area contributed by atoms with Crippen molar-refractivity contribution in [2.75, 3.05) is 14.1 Å². The zero-order valence-corrected chi connectivity index (χ0v) is 8.22. The maximum atomic E-state index is 12.7. The summed E-state index contributed by atoms with van der Waals surface area (Å²) in [4.78, 5) is 1.60. The van der Waals surface area contributed by atoms with Gasteiger partial charge in [0.15, 0.2) is 0 Å². The zero-order valence-electron chi connectivity index (χ0n) is 7.46. The lowest BCUT2D eigenvalue weighted by Crippen LogP contribution is -2.19. The quantitative estimate of drug-likeness (QED) is 0.744. The topological polar surface area (TPSA) is 23.5 Å². The molecule has 1 aromatic carbocycles. The van der Waals surface area contributed by atoms with Crippen molar-refractivity contribution in [3.63, 3.8) is 0 Å². The number of aliphatic hydroxyl groups excluding tert-OH is 1. The maximum Gasteiger partial charge on any atom is 0.141 e. The van der Waals surface area contributed by atoms with Gasteiger partial charge in [0.05, 0.1) is 5.02 Å². The van der Waals surface area contributed by atoms with E-state index in [1.165, 1.54) is 18.2 Å². The third-order valence-corrected chi connectivity index (χ3v) is 2.02. The van der Waals surface area contributed by atoms with Crippen LogP contribution in [-0.2, 0) is 0 Å². The summed E-state index contributed by atoms with van der Waals surface area (Å²) in [5, 5.41) is 9.58. The Morgan fingerprint density at radius 3 is 2.54 bits per heavy atom. The lowest BCUT2D eigenvalue weighted by molar-refractivity contribution is 0.0395. The van der Waals surface area contributed by atoms with Crippen LogP contribution in [0.25, 0.3) is 0 Å². The Balaban J connectivity index is 2.97. The number of aliphatic hydroxyl groups is 1. The fraction of sp³-hybridized carbons (Fsp3) is 0.333. The summed E-state index contributed by atoms with van der Waals surface area (Å²) in [7, 11) is 3.45. The molecule has 0 amide bonds. The van der Waals surface area contributed by atoms with Gasteiger partial charge in [0.2, 0.25) is 0 Å². The van der Waals surface area contributed by atoms with E-state index in [1.54, 1.807) is 19.0 Å². The predicted octanol–water partition coefficient (Wildman–Crippen LogP) is 2.03. The van der Waals surface area contributed by atoms with Crippen LogP contribution in [0.3, 0.4) is 0 Å². The molecule has 2 nitrogen and oxygen atoms in total. The molecule has 0 fully saturated rings. The van der Waals surface area contributed by atoms with Crippen LogP contribution in [0.4, 0.5) is 4.39 Å². The molecule has 1 N–H and O–H groups in total. The highest BCUT2D eigenvalue weighted by molar-refractivity contribution is 6.30. The third-order valence-electron chi connectivity index (χ3n) is 1.73. The van der Waals surface area contributed by atoms with Crippen molar-refractivity contribution < 1.29 is 9.50 Å². The molecule has 1 rings (SSSR count). The fourth-order valence-electron chi connectivity index (χ4n) is 0.971. The van der Waals surface area contributed by atoms with Crippen LogP contribution in [-0.4, -0.2) is 24.1 Å². The van der Waals surface area contributed by atoms with Crippen LogP contribution in [0.15, 0.2) is 18.2 Å². The summed E-state index contributed by atoms with van der Waals surface area (Å²) in [6.45, 7) is 0. The molecule has 1 aromatic rings. The van der Waals surface area contributed by atoms with Crippen LogP contribution in [0.5, 0.6) is 0 Å². The van der Waals surface area contributed by atoms with E-state index in [0.29, 0.717) is 5.56 Å². The Morgan fingerprint density at radius 2 is 2.08 bits per heavy atom. The standard InChI is InChI=1S/C9H11ClFNO/c1-12(2)9(13)6-3-4-8(11)7(10)5-6/h3-5,9,13H,1-2H3. The Labute approximate surface area is 81.5 Å². The lowest BCUT2D eigenvalue weighted by atomic mass is 10.2. The van der Waals surface area contributed by atoms with Gasteiger partial charge >= 0.3 is 0 Å². The van der Waals surface area contributed by atoms with E-state index in [9.17, 15) is 9.50 Å². The first kappa shape index (κ1) is 10.4. The summed E-state index contributed by atoms with van der Waals surface area (Å²) in [6, 6.07) is 4.16. The summed E-state index contributed by atoms with van der Waals surface area (Å²) in [5.74, 6) is -0.476. The van der Waals surface area contributed by atoms with Crippen LogP contribution >= 0.6 is 11.6 Å². The van der Waals surface area contributed by atoms with Crippen LogP contribution in [0.2, 0.25) is 5.02 Å². The Hall–Kier alpha value is -0.640. The molecule has 0 bridgehead atoms. The third kappa shape index (κ3) is 2.40. The first-order valence-corrected chi connectivity index (χ1v) is 4.19. The first-order chi connectivity index (χ1) is 6.02. The molecule has 1 unspecified atom stereocenters. The molecule has 0 radical (unpaired) electrons. The molecule has 0 aliphatic rings. The molecule has 0 aromatic heterocycles. The van der Waals surface area contributed by atoms with Crippen molar-refractivity contribution in [1.82, 2.24) is 4.90 Å². The molecule has 1 atom stereocenters. The molecule has 0 saturated carbocycles. The van der Waals surface area contributed by atoms with E-state index < -0.39 is 12.0 Å². The molecule has 0 saturated heterocycles. The van der Waals surface area contributed by atoms with Crippen molar-refractivity contribution in [3.05, 3.63) is 34.6 Å². The van der Waals surface area contributed by atoms with Gasteiger partial charge < -0.3 is 5.11 Å². The SMILES string of the molecule is CN(C)C(O)c1ccc(F)c(Cl)c1. The number of benzene rings is 1. The van der Waals surface area contributed by atoms with Gasteiger partial charge in [-0.1, -0.05) is 17.7 Å². The maximum absolute atomic E-state index is 12.7. The van der Waals surface area contributed by atoms with E-state index >= 15 is 0 Å². The largest absolute Gasteiger partial charge is 0.374 e. The Kier molecular flexibility index (Phi) is 3.25. The van der Waals surface area contributed by atoms with Gasteiger partial charge in [-0.15, -0.1) is 0 Å². The van der Waals surface area contributed by atoms with Crippen molar-refractivity contribution in [1.29, 1.82) is 0 Å². The highest BCUT2D eigenvalue weighted by Crippen LogP contribution is 2.21. The van der Waals surface area contributed by atoms with Gasteiger partial charge in [0.1, 0.15) is 12.0 Å². The van der Waals surface area contributed by atoms with E-state index in [4.69, 9.17) is 11.6 Å². The second-order valence-electron chi connectivity index (χ2n) is 3.01. The molecule has 4 heteroatoms. The van der Waals surface area contributed by atoms with Crippen molar-refractivity contribution >= 4 is 11.6 Å². The van der Waals surface area contributed by atoms with Gasteiger partial charge in [-0.25, -0.2) is 4.39 Å². The van der Waals surface area contributed by atoms with Crippen LogP contribution in [0, 0.1) is 5.82 Å². The van der Waals surface area contributed by atoms with Crippen molar-refractivity contribution in [3.8, 4) is 0 Å². The minimum Gasteiger partial charge on any atom is -0.374 e. The van der Waals surface area contributed by atoms with Gasteiger partial charge in [0, 0.05) is 0 Å². The Morgan fingerprint density at radius 1 is 1.46 bits per heavy atom. The van der Waals surface area contributed by atoms with Crippen molar-refractivity contribution in [2.45, 2.75) is 6.23 Å². The normalized spacial score (nSPS) is 13.4. The van der Waals surface area contributed by atoms with E-state index in [0.717, 1.165) is 0 Å². The second-order valence-corrected chi connectivity index (χ2v) is 3.42. The number of rotatable bonds is 2. The number of hydrogen-bond acceptors (Lipinski definition) is 2. The first-order valence-electron chi connectivity index (χ1n) is 3.82. The monoisotopic (exact) mass is 203 g/mol. The summed E-state index contributed by atoms with van der Waals surface area (Å²) in [5.41, 5.74) is 0.580. The molecular weight excluding hydrogens is 193 g/mol. The highest BCUT2D eigenvalue weighted by Gasteiger charge is 2.11. The average Bonchev–Trinajstić information content (AvgIpc) is 2.08. The van der Waals surface area contributed by atoms with Gasteiger partial charge in [-0.2, -0.15) is 0 Å². The molecule has 0 aliphatic carbocycles. The summed E-state index contributed by atoms with van der Waals surface area (Å²) < 4.78 is 12.7. The molecule has 0 heterocycles. The summed E-state index contributed by atoms with van der Waals surface area (Å²) in [6.07, 6.45) is -0.752. The molecule has 0 aliphatic heterocycles. The predicted molar refractivity (Wildman–Crippen MR) is 50.1 cm³/mol. The van der Waals surface area contributed by atoms with Crippen molar-refractivity contribution in [2.24, 2.45) is 0 Å². The Bertz CT molecular complexity index is 304.